The van der Waals surface area contributed by atoms with E-state index in [0.717, 1.165) is 28.8 Å². The Morgan fingerprint density at radius 3 is 2.33 bits per heavy atom. The fourth-order valence-corrected chi connectivity index (χ4v) is 8.74. The number of aryl methyl sites for hydroxylation is 1. The third-order valence-electron chi connectivity index (χ3n) is 9.44. The second-order valence-corrected chi connectivity index (χ2v) is 14.1. The smallest absolute Gasteiger partial charge is 0.323 e. The van der Waals surface area contributed by atoms with Crippen molar-refractivity contribution >= 4 is 39.2 Å². The van der Waals surface area contributed by atoms with Crippen molar-refractivity contribution in [1.82, 2.24) is 4.72 Å². The van der Waals surface area contributed by atoms with Crippen LogP contribution >= 0.6 is 0 Å². The van der Waals surface area contributed by atoms with Gasteiger partial charge in [-0.2, -0.15) is 0 Å². The number of sulfonamides is 1. The molecule has 4 N–H and O–H groups in total. The van der Waals surface area contributed by atoms with Gasteiger partial charge < -0.3 is 15.7 Å². The van der Waals surface area contributed by atoms with Gasteiger partial charge in [0.2, 0.25) is 10.0 Å². The highest BCUT2D eigenvalue weighted by molar-refractivity contribution is 7.89. The first-order valence-corrected chi connectivity index (χ1v) is 16.0. The van der Waals surface area contributed by atoms with Gasteiger partial charge in [-0.1, -0.05) is 68.4 Å². The third kappa shape index (κ3) is 6.21. The molecule has 5 rings (SSSR count). The predicted octanol–water partition coefficient (Wildman–Crippen LogP) is 5.62. The first kappa shape index (κ1) is 30.4. The van der Waals surface area contributed by atoms with Crippen molar-refractivity contribution in [3.63, 3.8) is 0 Å². The highest BCUT2D eigenvalue weighted by atomic mass is 32.2. The third-order valence-corrected chi connectivity index (χ3v) is 11.0. The Morgan fingerprint density at radius 2 is 1.70 bits per heavy atom. The first-order chi connectivity index (χ1) is 20.3. The van der Waals surface area contributed by atoms with E-state index in [4.69, 9.17) is 0 Å². The summed E-state index contributed by atoms with van der Waals surface area (Å²) >= 11 is 0. The van der Waals surface area contributed by atoms with E-state index >= 15 is 0 Å². The Bertz CT molecular complexity index is 1670. The monoisotopic (exact) mass is 603 g/mol. The molecule has 0 heterocycles. The number of rotatable bonds is 10. The fourth-order valence-electron chi connectivity index (χ4n) is 6.71. The maximum absolute atomic E-state index is 13.2. The average molecular weight is 604 g/mol. The molecule has 2 unspecified atom stereocenters. The summed E-state index contributed by atoms with van der Waals surface area (Å²) in [6, 6.07) is 20.3. The Kier molecular flexibility index (Phi) is 8.20. The van der Waals surface area contributed by atoms with Crippen molar-refractivity contribution in [1.29, 1.82) is 0 Å². The highest BCUT2D eigenvalue weighted by Crippen LogP contribution is 2.64. The Morgan fingerprint density at radius 1 is 0.977 bits per heavy atom. The van der Waals surface area contributed by atoms with Gasteiger partial charge in [0.05, 0.1) is 5.75 Å². The van der Waals surface area contributed by atoms with Crippen LogP contribution in [-0.4, -0.2) is 43.1 Å². The molecular formula is C33H37N3O6S. The van der Waals surface area contributed by atoms with E-state index in [0.29, 0.717) is 24.1 Å². The number of carboxylic acid groups (broad SMARTS) is 1. The normalized spacial score (nSPS) is 21.4. The lowest BCUT2D eigenvalue weighted by Gasteiger charge is -2.36. The lowest BCUT2D eigenvalue weighted by molar-refractivity contribution is -0.138. The predicted molar refractivity (Wildman–Crippen MR) is 166 cm³/mol. The van der Waals surface area contributed by atoms with Gasteiger partial charge in [-0.25, -0.2) is 17.9 Å². The van der Waals surface area contributed by atoms with Crippen LogP contribution < -0.4 is 15.4 Å². The van der Waals surface area contributed by atoms with E-state index in [-0.39, 0.29) is 24.2 Å². The summed E-state index contributed by atoms with van der Waals surface area (Å²) < 4.78 is 28.8. The highest BCUT2D eigenvalue weighted by Gasteiger charge is 2.65. The summed E-state index contributed by atoms with van der Waals surface area (Å²) in [5.74, 6) is -1.54. The van der Waals surface area contributed by atoms with Crippen molar-refractivity contribution in [3.8, 4) is 11.1 Å². The van der Waals surface area contributed by atoms with Crippen LogP contribution in [0.25, 0.3) is 11.1 Å². The minimum Gasteiger partial charge on any atom is -0.480 e. The van der Waals surface area contributed by atoms with Crippen molar-refractivity contribution in [3.05, 3.63) is 83.9 Å². The zero-order valence-corrected chi connectivity index (χ0v) is 25.3. The number of carboxylic acids is 1. The molecule has 2 amide bonds. The largest absolute Gasteiger partial charge is 0.480 e. The molecule has 43 heavy (non-hydrogen) atoms. The molecule has 0 aliphatic heterocycles. The lowest BCUT2D eigenvalue weighted by Crippen LogP contribution is -2.49. The summed E-state index contributed by atoms with van der Waals surface area (Å²) in [5.41, 5.74) is 3.18. The standard InChI is InChI=1S/C33H37N3O6S/c1-21-7-4-5-10-27(21)35-31(40)34-26-9-6-8-24(18-26)23-13-11-22(12-14-23)17-28(30(38)39)36-43(41,42)20-33-16-15-25(19-29(33)37)32(33,2)3/h4-14,18,25,28,36H,15-17,19-20H2,1-3H3,(H,38,39)(H2,34,35,40)/t25?,28-,33?/m0/s1. The summed E-state index contributed by atoms with van der Waals surface area (Å²) in [7, 11) is -4.06. The second kappa shape index (κ2) is 11.6. The van der Waals surface area contributed by atoms with Crippen molar-refractivity contribution < 1.29 is 27.9 Å². The molecule has 3 aromatic carbocycles. The van der Waals surface area contributed by atoms with Gasteiger partial charge in [0, 0.05) is 23.2 Å². The number of para-hydroxylation sites is 1. The molecule has 2 aliphatic rings. The summed E-state index contributed by atoms with van der Waals surface area (Å²) in [5, 5.41) is 15.5. The van der Waals surface area contributed by atoms with Gasteiger partial charge in [0.15, 0.2) is 0 Å². The number of benzene rings is 3. The number of carbonyl (C=O) groups is 3. The quantitative estimate of drug-likeness (QED) is 0.237. The average Bonchev–Trinajstić information content (AvgIpc) is 3.28. The van der Waals surface area contributed by atoms with Crippen molar-refractivity contribution in [2.45, 2.75) is 52.5 Å². The topological polar surface area (TPSA) is 142 Å². The molecule has 0 aromatic heterocycles. The van der Waals surface area contributed by atoms with Gasteiger partial charge >= 0.3 is 12.0 Å². The minimum absolute atomic E-state index is 0.0345. The minimum atomic E-state index is -4.06. The Balaban J connectivity index is 1.24. The maximum Gasteiger partial charge on any atom is 0.323 e. The SMILES string of the molecule is Cc1ccccc1NC(=O)Nc1cccc(-c2ccc(C[C@H](NS(=O)(=O)CC34CCC(CC3=O)C4(C)C)C(=O)O)cc2)c1. The molecule has 226 valence electrons. The zero-order chi connectivity index (χ0) is 31.0. The van der Waals surface area contributed by atoms with Crippen LogP contribution in [0.2, 0.25) is 0 Å². The Labute approximate surface area is 252 Å². The number of carbonyl (C=O) groups excluding carboxylic acids is 2. The number of ketones is 1. The molecule has 9 nitrogen and oxygen atoms in total. The summed E-state index contributed by atoms with van der Waals surface area (Å²) in [6.45, 7) is 5.82. The van der Waals surface area contributed by atoms with E-state index in [9.17, 15) is 27.9 Å². The van der Waals surface area contributed by atoms with Crippen LogP contribution in [0, 0.1) is 23.7 Å². The van der Waals surface area contributed by atoms with E-state index in [1.54, 1.807) is 18.2 Å². The van der Waals surface area contributed by atoms with Crippen LogP contribution in [0.5, 0.6) is 0 Å². The lowest BCUT2D eigenvalue weighted by atomic mass is 9.70. The van der Waals surface area contributed by atoms with Gasteiger partial charge in [-0.05, 0) is 78.0 Å². The molecule has 0 saturated heterocycles. The number of aliphatic carboxylic acids is 1. The van der Waals surface area contributed by atoms with Crippen LogP contribution in [-0.2, 0) is 26.0 Å². The van der Waals surface area contributed by atoms with E-state index in [1.165, 1.54) is 0 Å². The van der Waals surface area contributed by atoms with Crippen molar-refractivity contribution in [2.75, 3.05) is 16.4 Å². The number of nitrogens with one attached hydrogen (secondary N) is 3. The van der Waals surface area contributed by atoms with Crippen LogP contribution in [0.1, 0.15) is 44.2 Å². The summed E-state index contributed by atoms with van der Waals surface area (Å²) in [4.78, 5) is 37.4. The molecule has 2 aliphatic carbocycles. The second-order valence-electron chi connectivity index (χ2n) is 12.3. The number of hydrogen-bond donors (Lipinski definition) is 4. The van der Waals surface area contributed by atoms with Crippen LogP contribution in [0.15, 0.2) is 72.8 Å². The molecule has 2 saturated carbocycles. The molecule has 0 spiro atoms. The van der Waals surface area contributed by atoms with Gasteiger partial charge in [-0.3, -0.25) is 9.59 Å². The van der Waals surface area contributed by atoms with Gasteiger partial charge in [-0.15, -0.1) is 0 Å². The number of hydrogen-bond acceptors (Lipinski definition) is 5. The number of fused-ring (bicyclic) bond motifs is 2. The van der Waals surface area contributed by atoms with E-state index in [1.807, 2.05) is 75.4 Å². The number of anilines is 2. The van der Waals surface area contributed by atoms with Gasteiger partial charge in [0.25, 0.3) is 0 Å². The zero-order valence-electron chi connectivity index (χ0n) is 24.5. The van der Waals surface area contributed by atoms with E-state index in [2.05, 4.69) is 15.4 Å². The molecule has 3 atom stereocenters. The number of amides is 2. The summed E-state index contributed by atoms with van der Waals surface area (Å²) in [6.07, 6.45) is 1.65. The Hall–Kier alpha value is -4.02. The molecule has 2 bridgehead atoms. The number of Topliss-reactive ketones (excluding diaryl/α,β-unsaturated/α-hetero) is 1. The number of urea groups is 1. The van der Waals surface area contributed by atoms with E-state index < -0.39 is 38.6 Å². The molecular weight excluding hydrogens is 566 g/mol. The molecule has 0 radical (unpaired) electrons. The first-order valence-electron chi connectivity index (χ1n) is 14.4. The van der Waals surface area contributed by atoms with Crippen LogP contribution in [0.3, 0.4) is 0 Å². The molecule has 2 fully saturated rings. The molecule has 10 heteroatoms. The molecule has 3 aromatic rings. The van der Waals surface area contributed by atoms with Crippen molar-refractivity contribution in [2.24, 2.45) is 16.7 Å². The maximum atomic E-state index is 13.2. The fraction of sp³-hybridized carbons (Fsp3) is 0.364. The van der Waals surface area contributed by atoms with Gasteiger partial charge in [0.1, 0.15) is 11.8 Å². The van der Waals surface area contributed by atoms with Crippen LogP contribution in [0.4, 0.5) is 16.2 Å².